The van der Waals surface area contributed by atoms with Gasteiger partial charge in [0, 0.05) is 30.1 Å². The standard InChI is InChI=1S/C20H19F2N9/c1-11-2-3-16(18(22)17(11)21)31-20(27-28-29-31)15-6-12(7-25-19(15)23)13-8-26-30(10-13)14-4-5-24-9-14/h2-3,6-8,10,14,24H,4-5,9H2,1H3,(H2,23,25)/t14-/m1/s1. The van der Waals surface area contributed by atoms with Crippen molar-refractivity contribution in [3.63, 3.8) is 0 Å². The van der Waals surface area contributed by atoms with Crippen LogP contribution in [-0.2, 0) is 0 Å². The van der Waals surface area contributed by atoms with Crippen LogP contribution in [-0.4, -0.2) is 48.1 Å². The molecule has 0 amide bonds. The lowest BCUT2D eigenvalue weighted by molar-refractivity contribution is 0.491. The SMILES string of the molecule is Cc1ccc(-n2nnnc2-c2cc(-c3cnn([C@@H]4CCNC4)c3)cnc2N)c(F)c1F. The van der Waals surface area contributed by atoms with Crippen LogP contribution in [0.5, 0.6) is 0 Å². The molecule has 0 aliphatic carbocycles. The lowest BCUT2D eigenvalue weighted by Gasteiger charge is -2.10. The van der Waals surface area contributed by atoms with Crippen LogP contribution in [0.4, 0.5) is 14.6 Å². The summed E-state index contributed by atoms with van der Waals surface area (Å²) in [6.07, 6.45) is 6.35. The fourth-order valence-corrected chi connectivity index (χ4v) is 3.68. The van der Waals surface area contributed by atoms with Crippen molar-refractivity contribution in [2.24, 2.45) is 0 Å². The second-order valence-electron chi connectivity index (χ2n) is 7.46. The molecule has 0 saturated carbocycles. The van der Waals surface area contributed by atoms with Gasteiger partial charge in [0.25, 0.3) is 0 Å². The number of tetrazole rings is 1. The van der Waals surface area contributed by atoms with Gasteiger partial charge < -0.3 is 11.1 Å². The highest BCUT2D eigenvalue weighted by Crippen LogP contribution is 2.30. The van der Waals surface area contributed by atoms with Crippen molar-refractivity contribution in [3.8, 4) is 28.2 Å². The molecule has 1 aromatic carbocycles. The first-order valence-corrected chi connectivity index (χ1v) is 9.77. The summed E-state index contributed by atoms with van der Waals surface area (Å²) < 4.78 is 31.7. The second-order valence-corrected chi connectivity index (χ2v) is 7.46. The topological polar surface area (TPSA) is 112 Å². The van der Waals surface area contributed by atoms with Crippen molar-refractivity contribution in [1.82, 2.24) is 40.3 Å². The van der Waals surface area contributed by atoms with E-state index in [-0.39, 0.29) is 22.9 Å². The second kappa shape index (κ2) is 7.51. The number of nitrogens with one attached hydrogen (secondary N) is 1. The fourth-order valence-electron chi connectivity index (χ4n) is 3.68. The van der Waals surface area contributed by atoms with Gasteiger partial charge in [0.05, 0.1) is 17.8 Å². The van der Waals surface area contributed by atoms with Gasteiger partial charge in [0.2, 0.25) is 0 Å². The Balaban J connectivity index is 1.56. The van der Waals surface area contributed by atoms with Crippen molar-refractivity contribution in [1.29, 1.82) is 0 Å². The maximum atomic E-state index is 14.6. The third-order valence-corrected chi connectivity index (χ3v) is 5.46. The van der Waals surface area contributed by atoms with E-state index < -0.39 is 11.6 Å². The Bertz CT molecular complexity index is 1260. The molecule has 1 aliphatic rings. The number of anilines is 1. The van der Waals surface area contributed by atoms with Crippen LogP contribution in [0.2, 0.25) is 0 Å². The number of hydrogen-bond acceptors (Lipinski definition) is 7. The number of benzene rings is 1. The minimum absolute atomic E-state index is 0.116. The Labute approximate surface area is 175 Å². The summed E-state index contributed by atoms with van der Waals surface area (Å²) in [5.41, 5.74) is 8.17. The van der Waals surface area contributed by atoms with Gasteiger partial charge in [-0.15, -0.1) is 5.10 Å². The molecule has 31 heavy (non-hydrogen) atoms. The molecule has 4 heterocycles. The van der Waals surface area contributed by atoms with E-state index in [1.165, 1.54) is 19.1 Å². The monoisotopic (exact) mass is 423 g/mol. The molecule has 158 valence electrons. The quantitative estimate of drug-likeness (QED) is 0.518. The largest absolute Gasteiger partial charge is 0.383 e. The van der Waals surface area contributed by atoms with E-state index in [2.05, 4.69) is 30.9 Å². The predicted molar refractivity (Wildman–Crippen MR) is 109 cm³/mol. The summed E-state index contributed by atoms with van der Waals surface area (Å²) in [7, 11) is 0. The lowest BCUT2D eigenvalue weighted by Crippen LogP contribution is -2.13. The highest BCUT2D eigenvalue weighted by atomic mass is 19.2. The number of nitrogens with two attached hydrogens (primary N) is 1. The lowest BCUT2D eigenvalue weighted by atomic mass is 10.1. The van der Waals surface area contributed by atoms with Gasteiger partial charge >= 0.3 is 0 Å². The average molecular weight is 423 g/mol. The maximum Gasteiger partial charge on any atom is 0.190 e. The first-order valence-electron chi connectivity index (χ1n) is 9.77. The summed E-state index contributed by atoms with van der Waals surface area (Å²) in [5.74, 6) is -1.67. The summed E-state index contributed by atoms with van der Waals surface area (Å²) in [5, 5.41) is 19.2. The number of rotatable bonds is 4. The number of nitrogens with zero attached hydrogens (tertiary/aromatic N) is 7. The molecular weight excluding hydrogens is 404 g/mol. The van der Waals surface area contributed by atoms with E-state index in [9.17, 15) is 8.78 Å². The Hall–Kier alpha value is -3.73. The zero-order valence-corrected chi connectivity index (χ0v) is 16.6. The number of aryl methyl sites for hydroxylation is 1. The van der Waals surface area contributed by atoms with Crippen molar-refractivity contribution < 1.29 is 8.78 Å². The smallest absolute Gasteiger partial charge is 0.190 e. The predicted octanol–water partition coefficient (Wildman–Crippen LogP) is 2.29. The molecule has 1 saturated heterocycles. The van der Waals surface area contributed by atoms with Gasteiger partial charge in [0.15, 0.2) is 17.5 Å². The average Bonchev–Trinajstić information content (AvgIpc) is 3.53. The van der Waals surface area contributed by atoms with Gasteiger partial charge in [0.1, 0.15) is 11.5 Å². The van der Waals surface area contributed by atoms with Crippen LogP contribution >= 0.6 is 0 Å². The van der Waals surface area contributed by atoms with Crippen LogP contribution < -0.4 is 11.1 Å². The van der Waals surface area contributed by atoms with Crippen molar-refractivity contribution in [2.45, 2.75) is 19.4 Å². The molecule has 1 atom stereocenters. The van der Waals surface area contributed by atoms with Crippen LogP contribution in [0, 0.1) is 18.6 Å². The molecule has 1 fully saturated rings. The number of nitrogen functional groups attached to an aromatic ring is 1. The number of pyridine rings is 1. The van der Waals surface area contributed by atoms with Gasteiger partial charge in [-0.25, -0.2) is 13.8 Å². The molecule has 1 aliphatic heterocycles. The van der Waals surface area contributed by atoms with E-state index >= 15 is 0 Å². The van der Waals surface area contributed by atoms with Gasteiger partial charge in [-0.2, -0.15) is 9.78 Å². The summed E-state index contributed by atoms with van der Waals surface area (Å²) >= 11 is 0. The van der Waals surface area contributed by atoms with Crippen LogP contribution in [0.15, 0.2) is 36.8 Å². The first-order chi connectivity index (χ1) is 15.0. The van der Waals surface area contributed by atoms with Gasteiger partial charge in [-0.05, 0) is 48.0 Å². The third kappa shape index (κ3) is 3.32. The number of halogens is 2. The van der Waals surface area contributed by atoms with Crippen molar-refractivity contribution >= 4 is 5.82 Å². The zero-order valence-electron chi connectivity index (χ0n) is 16.6. The zero-order chi connectivity index (χ0) is 21.5. The highest BCUT2D eigenvalue weighted by Gasteiger charge is 2.21. The third-order valence-electron chi connectivity index (χ3n) is 5.46. The van der Waals surface area contributed by atoms with E-state index in [1.807, 2.05) is 10.9 Å². The van der Waals surface area contributed by atoms with Crippen LogP contribution in [0.25, 0.3) is 28.2 Å². The molecule has 0 spiro atoms. The molecule has 9 nitrogen and oxygen atoms in total. The Kier molecular flexibility index (Phi) is 4.66. The van der Waals surface area contributed by atoms with Crippen molar-refractivity contribution in [3.05, 3.63) is 54.0 Å². The summed E-state index contributed by atoms with van der Waals surface area (Å²) in [4.78, 5) is 4.26. The van der Waals surface area contributed by atoms with E-state index in [1.54, 1.807) is 18.5 Å². The Morgan fingerprint density at radius 1 is 1.16 bits per heavy atom. The van der Waals surface area contributed by atoms with E-state index in [0.29, 0.717) is 11.6 Å². The number of hydrogen-bond donors (Lipinski definition) is 2. The fraction of sp³-hybridized carbons (Fsp3) is 0.250. The molecule has 3 N–H and O–H groups in total. The van der Waals surface area contributed by atoms with Gasteiger partial charge in [-0.1, -0.05) is 6.07 Å². The minimum atomic E-state index is -1.04. The normalized spacial score (nSPS) is 16.2. The summed E-state index contributed by atoms with van der Waals surface area (Å²) in [6, 6.07) is 4.95. The van der Waals surface area contributed by atoms with Crippen LogP contribution in [0.1, 0.15) is 18.0 Å². The summed E-state index contributed by atoms with van der Waals surface area (Å²) in [6.45, 7) is 3.32. The molecule has 11 heteroatoms. The molecule has 0 unspecified atom stereocenters. The molecular formula is C20H19F2N9. The molecule has 5 rings (SSSR count). The highest BCUT2D eigenvalue weighted by molar-refractivity contribution is 5.76. The number of aromatic nitrogens is 7. The Morgan fingerprint density at radius 3 is 2.84 bits per heavy atom. The van der Waals surface area contributed by atoms with Gasteiger partial charge in [-0.3, -0.25) is 4.68 Å². The molecule has 0 bridgehead atoms. The molecule has 4 aromatic rings. The molecule has 0 radical (unpaired) electrons. The minimum Gasteiger partial charge on any atom is -0.383 e. The van der Waals surface area contributed by atoms with Crippen molar-refractivity contribution in [2.75, 3.05) is 18.8 Å². The van der Waals surface area contributed by atoms with Crippen LogP contribution in [0.3, 0.4) is 0 Å². The first kappa shape index (κ1) is 19.2. The maximum absolute atomic E-state index is 14.6. The Morgan fingerprint density at radius 2 is 2.03 bits per heavy atom. The van der Waals surface area contributed by atoms with E-state index in [0.717, 1.165) is 35.3 Å². The molecule has 3 aromatic heterocycles. The van der Waals surface area contributed by atoms with E-state index in [4.69, 9.17) is 5.73 Å².